The van der Waals surface area contributed by atoms with Crippen LogP contribution in [0.2, 0.25) is 0 Å². The topological polar surface area (TPSA) is 86.6 Å². The van der Waals surface area contributed by atoms with Crippen molar-refractivity contribution in [3.05, 3.63) is 47.9 Å². The Hall–Kier alpha value is -4.00. The maximum absolute atomic E-state index is 16.9. The van der Waals surface area contributed by atoms with Crippen LogP contribution in [0.3, 0.4) is 0 Å². The number of aromatic hydroxyl groups is 1. The second-order valence-electron chi connectivity index (χ2n) is 14.4. The number of nitrogens with one attached hydrogen (secondary N) is 1. The fourth-order valence-electron chi connectivity index (χ4n) is 8.82. The van der Waals surface area contributed by atoms with E-state index in [2.05, 4.69) is 26.0 Å². The number of piperazine rings is 1. The molecule has 46 heavy (non-hydrogen) atoms. The number of phenolic OH excluding ortho intramolecular Hbond substituents is 1. The Morgan fingerprint density at radius 1 is 1.04 bits per heavy atom. The van der Waals surface area contributed by atoms with Crippen LogP contribution >= 0.6 is 0 Å². The SMILES string of the molecule is C#Cc1cccc2cc(O)cc(-c3ncc4c(N5C[C@H]6CC[C@@H](C5)N6)nc(OCC5(CN6C7CCCC6CC7)CC5)nc4c3F)c12. The largest absolute Gasteiger partial charge is 0.508 e. The van der Waals surface area contributed by atoms with Gasteiger partial charge in [-0.1, -0.05) is 24.5 Å². The summed E-state index contributed by atoms with van der Waals surface area (Å²) in [7, 11) is 0. The number of rotatable bonds is 7. The maximum Gasteiger partial charge on any atom is 0.319 e. The van der Waals surface area contributed by atoms with Crippen LogP contribution in [0.25, 0.3) is 32.9 Å². The molecule has 0 spiro atoms. The van der Waals surface area contributed by atoms with E-state index in [0.717, 1.165) is 45.3 Å². The lowest BCUT2D eigenvalue weighted by Crippen LogP contribution is -2.51. The van der Waals surface area contributed by atoms with Crippen molar-refractivity contribution in [3.63, 3.8) is 0 Å². The lowest BCUT2D eigenvalue weighted by atomic mass is 9.96. The molecule has 1 aliphatic carbocycles. The number of piperidine rings is 1. The molecule has 6 heterocycles. The number of benzene rings is 2. The lowest BCUT2D eigenvalue weighted by Gasteiger charge is -2.37. The maximum atomic E-state index is 16.9. The predicted molar refractivity (Wildman–Crippen MR) is 177 cm³/mol. The molecule has 1 saturated carbocycles. The van der Waals surface area contributed by atoms with Gasteiger partial charge in [0, 0.05) is 71.9 Å². The summed E-state index contributed by atoms with van der Waals surface area (Å²) in [5.74, 6) is 2.82. The lowest BCUT2D eigenvalue weighted by molar-refractivity contribution is 0.0882. The number of fused-ring (bicyclic) bond motifs is 6. The quantitative estimate of drug-likeness (QED) is 0.252. The number of terminal acetylenes is 1. The van der Waals surface area contributed by atoms with Crippen molar-refractivity contribution in [2.75, 3.05) is 31.1 Å². The number of nitrogens with zero attached hydrogens (tertiary/aromatic N) is 5. The van der Waals surface area contributed by atoms with Gasteiger partial charge < -0.3 is 20.1 Å². The van der Waals surface area contributed by atoms with E-state index in [1.165, 1.54) is 38.2 Å². The zero-order chi connectivity index (χ0) is 31.0. The summed E-state index contributed by atoms with van der Waals surface area (Å²) in [6.07, 6.45) is 18.6. The molecule has 4 aliphatic heterocycles. The van der Waals surface area contributed by atoms with Gasteiger partial charge >= 0.3 is 6.01 Å². The number of phenols is 1. The number of pyridine rings is 1. The summed E-state index contributed by atoms with van der Waals surface area (Å²) in [5, 5.41) is 16.2. The first-order chi connectivity index (χ1) is 22.5. The van der Waals surface area contributed by atoms with Crippen LogP contribution < -0.4 is 15.0 Å². The molecular weight excluding hydrogens is 579 g/mol. The van der Waals surface area contributed by atoms with Crippen molar-refractivity contribution in [3.8, 4) is 35.4 Å². The highest BCUT2D eigenvalue weighted by Crippen LogP contribution is 2.50. The summed E-state index contributed by atoms with van der Waals surface area (Å²) in [6, 6.07) is 11.0. The summed E-state index contributed by atoms with van der Waals surface area (Å²) in [5.41, 5.74) is 1.41. The molecule has 2 aromatic heterocycles. The van der Waals surface area contributed by atoms with E-state index in [4.69, 9.17) is 21.1 Å². The Labute approximate surface area is 268 Å². The van der Waals surface area contributed by atoms with Gasteiger partial charge in [-0.3, -0.25) is 9.88 Å². The molecule has 4 aromatic rings. The zero-order valence-corrected chi connectivity index (χ0v) is 26.0. The molecular formula is C37H39FN6O2. The van der Waals surface area contributed by atoms with Gasteiger partial charge in [0.1, 0.15) is 22.8 Å². The summed E-state index contributed by atoms with van der Waals surface area (Å²) in [6.45, 7) is 3.17. The van der Waals surface area contributed by atoms with Crippen LogP contribution in [0.15, 0.2) is 36.5 Å². The van der Waals surface area contributed by atoms with Gasteiger partial charge in [-0.2, -0.15) is 9.97 Å². The second kappa shape index (κ2) is 10.8. The molecule has 2 N–H and O–H groups in total. The van der Waals surface area contributed by atoms with Crippen molar-refractivity contribution in [1.29, 1.82) is 0 Å². The minimum atomic E-state index is -0.575. The number of halogens is 1. The van der Waals surface area contributed by atoms with Gasteiger partial charge in [-0.25, -0.2) is 4.39 Å². The van der Waals surface area contributed by atoms with E-state index in [0.29, 0.717) is 63.9 Å². The van der Waals surface area contributed by atoms with E-state index >= 15 is 4.39 Å². The highest BCUT2D eigenvalue weighted by atomic mass is 19.1. The van der Waals surface area contributed by atoms with Crippen molar-refractivity contribution < 1.29 is 14.2 Å². The van der Waals surface area contributed by atoms with Crippen molar-refractivity contribution in [1.82, 2.24) is 25.2 Å². The highest BCUT2D eigenvalue weighted by molar-refractivity contribution is 6.02. The Morgan fingerprint density at radius 3 is 2.57 bits per heavy atom. The monoisotopic (exact) mass is 618 g/mol. The van der Waals surface area contributed by atoms with Gasteiger partial charge in [0.25, 0.3) is 0 Å². The molecule has 2 aromatic carbocycles. The van der Waals surface area contributed by atoms with Crippen LogP contribution in [-0.4, -0.2) is 75.4 Å². The number of anilines is 1. The Bertz CT molecular complexity index is 1880. The van der Waals surface area contributed by atoms with E-state index < -0.39 is 5.82 Å². The molecule has 4 bridgehead atoms. The Morgan fingerprint density at radius 2 is 1.83 bits per heavy atom. The molecule has 5 aliphatic rings. The summed E-state index contributed by atoms with van der Waals surface area (Å²) < 4.78 is 23.3. The average Bonchev–Trinajstić information content (AvgIpc) is 3.71. The fourth-order valence-corrected chi connectivity index (χ4v) is 8.82. The van der Waals surface area contributed by atoms with E-state index in [1.54, 1.807) is 12.3 Å². The third-order valence-electron chi connectivity index (χ3n) is 11.4. The molecule has 0 amide bonds. The van der Waals surface area contributed by atoms with Crippen LogP contribution in [0.5, 0.6) is 11.8 Å². The van der Waals surface area contributed by atoms with Crippen LogP contribution in [-0.2, 0) is 0 Å². The third kappa shape index (κ3) is 4.76. The smallest absolute Gasteiger partial charge is 0.319 e. The van der Waals surface area contributed by atoms with Crippen molar-refractivity contribution in [2.24, 2.45) is 5.41 Å². The van der Waals surface area contributed by atoms with E-state index in [1.807, 2.05) is 18.2 Å². The van der Waals surface area contributed by atoms with Crippen LogP contribution in [0, 0.1) is 23.6 Å². The molecule has 236 valence electrons. The number of ether oxygens (including phenoxy) is 1. The molecule has 5 fully saturated rings. The number of hydrogen-bond donors (Lipinski definition) is 2. The highest BCUT2D eigenvalue weighted by Gasteiger charge is 2.49. The van der Waals surface area contributed by atoms with E-state index in [-0.39, 0.29) is 28.4 Å². The van der Waals surface area contributed by atoms with Crippen LogP contribution in [0.1, 0.15) is 63.4 Å². The van der Waals surface area contributed by atoms with E-state index in [9.17, 15) is 5.11 Å². The second-order valence-corrected chi connectivity index (χ2v) is 14.4. The number of aromatic nitrogens is 3. The first kappa shape index (κ1) is 28.2. The van der Waals surface area contributed by atoms with Crippen LogP contribution in [0.4, 0.5) is 10.2 Å². The Balaban J connectivity index is 1.11. The molecule has 8 nitrogen and oxygen atoms in total. The number of hydrogen-bond acceptors (Lipinski definition) is 8. The third-order valence-corrected chi connectivity index (χ3v) is 11.4. The van der Waals surface area contributed by atoms with Gasteiger partial charge in [0.15, 0.2) is 5.82 Å². The van der Waals surface area contributed by atoms with Gasteiger partial charge in [0.2, 0.25) is 0 Å². The van der Waals surface area contributed by atoms with Gasteiger partial charge in [-0.05, 0) is 75.0 Å². The van der Waals surface area contributed by atoms with Gasteiger partial charge in [0.05, 0.1) is 12.0 Å². The Kier molecular flexibility index (Phi) is 6.62. The zero-order valence-electron chi connectivity index (χ0n) is 26.0. The first-order valence-corrected chi connectivity index (χ1v) is 17.0. The molecule has 9 rings (SSSR count). The first-order valence-electron chi connectivity index (χ1n) is 17.0. The summed E-state index contributed by atoms with van der Waals surface area (Å²) in [4.78, 5) is 19.3. The van der Waals surface area contributed by atoms with Crippen molar-refractivity contribution >= 4 is 27.5 Å². The average molecular weight is 619 g/mol. The predicted octanol–water partition coefficient (Wildman–Crippen LogP) is 5.79. The molecule has 2 unspecified atom stereocenters. The minimum absolute atomic E-state index is 0.0125. The van der Waals surface area contributed by atoms with Gasteiger partial charge in [-0.15, -0.1) is 6.42 Å². The summed E-state index contributed by atoms with van der Waals surface area (Å²) >= 11 is 0. The molecule has 9 heteroatoms. The molecule has 4 saturated heterocycles. The minimum Gasteiger partial charge on any atom is -0.508 e. The normalized spacial score (nSPS) is 26.5. The molecule has 0 radical (unpaired) electrons. The van der Waals surface area contributed by atoms with Crippen molar-refractivity contribution in [2.45, 2.75) is 82.0 Å². The molecule has 4 atom stereocenters. The fraction of sp³-hybridized carbons (Fsp3) is 0.486. The standard InChI is InChI=1S/C37H39FN6O2/c1-2-22-5-3-6-23-15-28(45)16-29(31(22)23)33-32(38)34-30(17-39-33)35(43-18-24-9-10-25(19-43)40-24)42-36(41-34)46-21-37(13-14-37)20-44-26-7-4-8-27(44)12-11-26/h1,3,5-6,15-17,24-27,40,45H,4,7-14,18-21H2/t24-,25+,26?,27?.